The molecule has 0 aromatic heterocycles. The van der Waals surface area contributed by atoms with Crippen LogP contribution in [0.1, 0.15) is 53.9 Å². The summed E-state index contributed by atoms with van der Waals surface area (Å²) in [5.41, 5.74) is -0.376. The van der Waals surface area contributed by atoms with Gasteiger partial charge >= 0.3 is 0 Å². The number of hydrogen-bond acceptors (Lipinski definition) is 2. The van der Waals surface area contributed by atoms with Gasteiger partial charge in [0.2, 0.25) is 11.8 Å². The molecule has 19 heavy (non-hydrogen) atoms. The van der Waals surface area contributed by atoms with Gasteiger partial charge in [0.25, 0.3) is 0 Å². The molecule has 4 heteroatoms. The number of hydrogen-bond donors (Lipinski definition) is 1. The van der Waals surface area contributed by atoms with Crippen molar-refractivity contribution in [2.75, 3.05) is 13.1 Å². The Morgan fingerprint density at radius 3 is 2.42 bits per heavy atom. The number of amides is 2. The van der Waals surface area contributed by atoms with Gasteiger partial charge in [0, 0.05) is 31.0 Å². The normalized spacial score (nSPS) is 24.2. The maximum atomic E-state index is 12.0. The number of piperidine rings is 1. The molecule has 0 aromatic carbocycles. The highest BCUT2D eigenvalue weighted by Gasteiger charge is 2.30. The van der Waals surface area contributed by atoms with Crippen molar-refractivity contribution in [3.05, 3.63) is 0 Å². The molecule has 1 heterocycles. The summed E-state index contributed by atoms with van der Waals surface area (Å²) < 4.78 is 0. The van der Waals surface area contributed by atoms with E-state index >= 15 is 0 Å². The molecular formula is C15H28N2O2. The zero-order valence-corrected chi connectivity index (χ0v) is 13.0. The van der Waals surface area contributed by atoms with Crippen LogP contribution in [0.4, 0.5) is 0 Å². The van der Waals surface area contributed by atoms with E-state index in [4.69, 9.17) is 0 Å². The van der Waals surface area contributed by atoms with Gasteiger partial charge in [-0.15, -0.1) is 0 Å². The Morgan fingerprint density at radius 2 is 1.89 bits per heavy atom. The van der Waals surface area contributed by atoms with Crippen LogP contribution in [0.25, 0.3) is 0 Å². The van der Waals surface area contributed by atoms with Gasteiger partial charge < -0.3 is 10.2 Å². The Kier molecular flexibility index (Phi) is 5.39. The first-order chi connectivity index (χ1) is 8.74. The maximum absolute atomic E-state index is 12.0. The van der Waals surface area contributed by atoms with Gasteiger partial charge in [-0.2, -0.15) is 0 Å². The third kappa shape index (κ3) is 4.84. The summed E-state index contributed by atoms with van der Waals surface area (Å²) in [6.45, 7) is 11.4. The molecule has 0 bridgehead atoms. The van der Waals surface area contributed by atoms with Crippen molar-refractivity contribution in [3.63, 3.8) is 0 Å². The number of likely N-dealkylation sites (tertiary alicyclic amines) is 1. The molecule has 2 amide bonds. The third-order valence-corrected chi connectivity index (χ3v) is 3.49. The van der Waals surface area contributed by atoms with E-state index in [0.29, 0.717) is 18.9 Å². The number of carbonyl (C=O) groups is 2. The van der Waals surface area contributed by atoms with Crippen molar-refractivity contribution in [2.45, 2.75) is 59.9 Å². The first-order valence-electron chi connectivity index (χ1n) is 7.32. The van der Waals surface area contributed by atoms with Crippen molar-refractivity contribution < 1.29 is 9.59 Å². The standard InChI is InChI=1S/C15H28N2O2/c1-6-7-13(18)17-9-11(2)8-12(10-17)16-14(19)15(3,4)5/h11-12H,6-10H2,1-5H3,(H,16,19). The first-order valence-corrected chi connectivity index (χ1v) is 7.32. The zero-order valence-electron chi connectivity index (χ0n) is 13.0. The molecule has 4 nitrogen and oxygen atoms in total. The minimum Gasteiger partial charge on any atom is -0.351 e. The molecule has 1 saturated heterocycles. The predicted octanol–water partition coefficient (Wildman–Crippen LogP) is 2.19. The Bertz CT molecular complexity index is 334. The van der Waals surface area contributed by atoms with Gasteiger partial charge in [0.05, 0.1) is 0 Å². The molecule has 2 unspecified atom stereocenters. The van der Waals surface area contributed by atoms with Crippen LogP contribution in [-0.2, 0) is 9.59 Å². The lowest BCUT2D eigenvalue weighted by Crippen LogP contribution is -2.53. The SMILES string of the molecule is CCCC(=O)N1CC(C)CC(NC(=O)C(C)(C)C)C1. The Morgan fingerprint density at radius 1 is 1.26 bits per heavy atom. The number of carbonyl (C=O) groups excluding carboxylic acids is 2. The summed E-state index contributed by atoms with van der Waals surface area (Å²) in [5, 5.41) is 3.08. The topological polar surface area (TPSA) is 49.4 Å². The quantitative estimate of drug-likeness (QED) is 0.853. The van der Waals surface area contributed by atoms with E-state index in [-0.39, 0.29) is 23.3 Å². The molecule has 110 valence electrons. The maximum Gasteiger partial charge on any atom is 0.225 e. The lowest BCUT2D eigenvalue weighted by atomic mass is 9.92. The molecule has 1 aliphatic rings. The van der Waals surface area contributed by atoms with Gasteiger partial charge in [-0.05, 0) is 18.8 Å². The van der Waals surface area contributed by atoms with E-state index in [1.165, 1.54) is 0 Å². The fourth-order valence-corrected chi connectivity index (χ4v) is 2.43. The summed E-state index contributed by atoms with van der Waals surface area (Å²) in [5.74, 6) is 0.721. The third-order valence-electron chi connectivity index (χ3n) is 3.49. The molecule has 0 saturated carbocycles. The monoisotopic (exact) mass is 268 g/mol. The molecule has 2 atom stereocenters. The second-order valence-corrected chi connectivity index (χ2v) is 6.81. The largest absolute Gasteiger partial charge is 0.351 e. The van der Waals surface area contributed by atoms with Gasteiger partial charge in [0.1, 0.15) is 0 Å². The fourth-order valence-electron chi connectivity index (χ4n) is 2.43. The van der Waals surface area contributed by atoms with Crippen LogP contribution in [0.5, 0.6) is 0 Å². The van der Waals surface area contributed by atoms with Crippen LogP contribution in [-0.4, -0.2) is 35.8 Å². The van der Waals surface area contributed by atoms with E-state index in [0.717, 1.165) is 19.4 Å². The molecule has 0 aliphatic carbocycles. The summed E-state index contributed by atoms with van der Waals surface area (Å²) >= 11 is 0. The predicted molar refractivity (Wildman–Crippen MR) is 76.7 cm³/mol. The minimum absolute atomic E-state index is 0.0643. The second kappa shape index (κ2) is 6.40. The average molecular weight is 268 g/mol. The van der Waals surface area contributed by atoms with Crippen molar-refractivity contribution in [2.24, 2.45) is 11.3 Å². The molecule has 0 radical (unpaired) electrons. The van der Waals surface area contributed by atoms with Crippen LogP contribution >= 0.6 is 0 Å². The van der Waals surface area contributed by atoms with Crippen molar-refractivity contribution in [1.29, 1.82) is 0 Å². The summed E-state index contributed by atoms with van der Waals surface area (Å²) in [4.78, 5) is 25.9. The molecule has 0 aromatic rings. The first kappa shape index (κ1) is 16.0. The summed E-state index contributed by atoms with van der Waals surface area (Å²) in [7, 11) is 0. The van der Waals surface area contributed by atoms with Crippen LogP contribution < -0.4 is 5.32 Å². The van der Waals surface area contributed by atoms with E-state index < -0.39 is 0 Å². The van der Waals surface area contributed by atoms with E-state index in [2.05, 4.69) is 12.2 Å². The molecule has 1 fully saturated rings. The van der Waals surface area contributed by atoms with Crippen molar-refractivity contribution in [1.82, 2.24) is 10.2 Å². The smallest absolute Gasteiger partial charge is 0.225 e. The molecule has 1 aliphatic heterocycles. The molecular weight excluding hydrogens is 240 g/mol. The van der Waals surface area contributed by atoms with Gasteiger partial charge in [-0.3, -0.25) is 9.59 Å². The van der Waals surface area contributed by atoms with Crippen LogP contribution in [0, 0.1) is 11.3 Å². The molecule has 1 rings (SSSR count). The highest BCUT2D eigenvalue weighted by Crippen LogP contribution is 2.20. The highest BCUT2D eigenvalue weighted by atomic mass is 16.2. The van der Waals surface area contributed by atoms with Crippen LogP contribution in [0.15, 0.2) is 0 Å². The minimum atomic E-state index is -0.376. The Hall–Kier alpha value is -1.06. The average Bonchev–Trinajstić information content (AvgIpc) is 2.27. The van der Waals surface area contributed by atoms with E-state index in [1.807, 2.05) is 32.6 Å². The van der Waals surface area contributed by atoms with Gasteiger partial charge in [-0.25, -0.2) is 0 Å². The fraction of sp³-hybridized carbons (Fsp3) is 0.867. The Balaban J connectivity index is 2.60. The van der Waals surface area contributed by atoms with Gasteiger partial charge in [-0.1, -0.05) is 34.6 Å². The second-order valence-electron chi connectivity index (χ2n) is 6.81. The number of rotatable bonds is 3. The summed E-state index contributed by atoms with van der Waals surface area (Å²) in [6.07, 6.45) is 2.44. The van der Waals surface area contributed by atoms with E-state index in [9.17, 15) is 9.59 Å². The highest BCUT2D eigenvalue weighted by molar-refractivity contribution is 5.82. The summed E-state index contributed by atoms with van der Waals surface area (Å²) in [6, 6.07) is 0.0938. The van der Waals surface area contributed by atoms with Crippen LogP contribution in [0.3, 0.4) is 0 Å². The van der Waals surface area contributed by atoms with Crippen molar-refractivity contribution >= 4 is 11.8 Å². The zero-order chi connectivity index (χ0) is 14.6. The molecule has 0 spiro atoms. The van der Waals surface area contributed by atoms with Gasteiger partial charge in [0.15, 0.2) is 0 Å². The Labute approximate surface area is 116 Å². The lowest BCUT2D eigenvalue weighted by Gasteiger charge is -2.37. The van der Waals surface area contributed by atoms with Crippen LogP contribution in [0.2, 0.25) is 0 Å². The number of nitrogens with one attached hydrogen (secondary N) is 1. The van der Waals surface area contributed by atoms with E-state index in [1.54, 1.807) is 0 Å². The van der Waals surface area contributed by atoms with Crippen molar-refractivity contribution in [3.8, 4) is 0 Å². The number of nitrogens with zero attached hydrogens (tertiary/aromatic N) is 1. The lowest BCUT2D eigenvalue weighted by molar-refractivity contribution is -0.136. The molecule has 1 N–H and O–H groups in total.